The quantitative estimate of drug-likeness (QED) is 0.590. The van der Waals surface area contributed by atoms with Crippen molar-refractivity contribution in [1.29, 1.82) is 0 Å². The molecule has 0 spiro atoms. The number of alkyl halides is 1. The fraction of sp³-hybridized carbons (Fsp3) is 0.500. The molecule has 2 amide bonds. The number of carbonyl (C=O) groups excluding carboxylic acids is 1. The van der Waals surface area contributed by atoms with Crippen molar-refractivity contribution in [2.45, 2.75) is 37.5 Å². The zero-order valence-corrected chi connectivity index (χ0v) is 19.5. The number of morpholine rings is 1. The second kappa shape index (κ2) is 9.22. The molecule has 0 unspecified atom stereocenters. The summed E-state index contributed by atoms with van der Waals surface area (Å²) in [7, 11) is -3.34. The monoisotopic (exact) mass is 477 g/mol. The van der Waals surface area contributed by atoms with E-state index >= 15 is 0 Å². The fourth-order valence-electron chi connectivity index (χ4n) is 4.07. The Kier molecular flexibility index (Phi) is 6.53. The Hall–Kier alpha value is -2.79. The SMILES string of the molecule is CCS(=O)(=O)C1(c2cc(N3CCOC[C@@H]3C)nc(-c3ccc(NC(=O)NCF)cc3)n2)CC1. The highest BCUT2D eigenvalue weighted by Gasteiger charge is 2.56. The molecule has 178 valence electrons. The van der Waals surface area contributed by atoms with Gasteiger partial charge in [0.05, 0.1) is 24.9 Å². The number of nitrogens with one attached hydrogen (secondary N) is 2. The number of hydrogen-bond acceptors (Lipinski definition) is 7. The molecule has 1 aromatic carbocycles. The maximum absolute atomic E-state index is 12.9. The second-order valence-electron chi connectivity index (χ2n) is 8.29. The van der Waals surface area contributed by atoms with Crippen LogP contribution in [0.4, 0.5) is 20.7 Å². The van der Waals surface area contributed by atoms with Gasteiger partial charge >= 0.3 is 6.03 Å². The Morgan fingerprint density at radius 3 is 2.61 bits per heavy atom. The molecule has 11 heteroatoms. The molecule has 2 aromatic rings. The Balaban J connectivity index is 1.73. The lowest BCUT2D eigenvalue weighted by molar-refractivity contribution is 0.0985. The van der Waals surface area contributed by atoms with Gasteiger partial charge in [-0.3, -0.25) is 0 Å². The number of amides is 2. The van der Waals surface area contributed by atoms with Crippen LogP contribution in [0.2, 0.25) is 0 Å². The molecule has 2 heterocycles. The molecule has 2 N–H and O–H groups in total. The topological polar surface area (TPSA) is 114 Å². The highest BCUT2D eigenvalue weighted by Crippen LogP contribution is 2.53. The molecule has 0 radical (unpaired) electrons. The molecule has 1 saturated heterocycles. The van der Waals surface area contributed by atoms with E-state index in [4.69, 9.17) is 14.7 Å². The summed E-state index contributed by atoms with van der Waals surface area (Å²) in [5.74, 6) is 1.14. The minimum atomic E-state index is -3.34. The summed E-state index contributed by atoms with van der Waals surface area (Å²) >= 11 is 0. The van der Waals surface area contributed by atoms with Gasteiger partial charge in [-0.1, -0.05) is 6.92 Å². The number of sulfone groups is 1. The molecule has 0 bridgehead atoms. The maximum Gasteiger partial charge on any atom is 0.321 e. The second-order valence-corrected chi connectivity index (χ2v) is 10.9. The van der Waals surface area contributed by atoms with Crippen LogP contribution < -0.4 is 15.5 Å². The number of aromatic nitrogens is 2. The van der Waals surface area contributed by atoms with Gasteiger partial charge in [-0.15, -0.1) is 0 Å². The summed E-state index contributed by atoms with van der Waals surface area (Å²) in [4.78, 5) is 23.1. The number of urea groups is 1. The van der Waals surface area contributed by atoms with E-state index in [-0.39, 0.29) is 11.8 Å². The molecule has 33 heavy (non-hydrogen) atoms. The summed E-state index contributed by atoms with van der Waals surface area (Å²) in [6.07, 6.45) is 1.09. The average Bonchev–Trinajstić information content (AvgIpc) is 3.63. The van der Waals surface area contributed by atoms with E-state index in [0.717, 1.165) is 0 Å². The van der Waals surface area contributed by atoms with Crippen LogP contribution in [0.25, 0.3) is 11.4 Å². The Bertz CT molecular complexity index is 1120. The van der Waals surface area contributed by atoms with Gasteiger partial charge in [0, 0.05) is 29.6 Å². The van der Waals surface area contributed by atoms with Gasteiger partial charge in [0.15, 0.2) is 22.5 Å². The Morgan fingerprint density at radius 2 is 2.00 bits per heavy atom. The summed E-state index contributed by atoms with van der Waals surface area (Å²) in [6, 6.07) is 8.06. The average molecular weight is 478 g/mol. The standard InChI is InChI=1S/C22H28FN5O4S/c1-3-33(30,31)22(8-9-22)18-12-19(28-10-11-32-13-15(28)2)27-20(26-18)16-4-6-17(7-5-16)25-21(29)24-14-23/h4-7,12,15H,3,8-11,13-14H2,1-2H3,(H2,24,25,29)/t15-/m0/s1. The lowest BCUT2D eigenvalue weighted by Crippen LogP contribution is -2.44. The van der Waals surface area contributed by atoms with E-state index in [2.05, 4.69) is 10.2 Å². The summed E-state index contributed by atoms with van der Waals surface area (Å²) in [5, 5.41) is 4.56. The van der Waals surface area contributed by atoms with E-state index < -0.39 is 27.4 Å². The first-order valence-corrected chi connectivity index (χ1v) is 12.6. The van der Waals surface area contributed by atoms with Crippen molar-refractivity contribution >= 4 is 27.4 Å². The van der Waals surface area contributed by atoms with Crippen molar-refractivity contribution in [3.8, 4) is 11.4 Å². The van der Waals surface area contributed by atoms with Crippen LogP contribution in [0.15, 0.2) is 30.3 Å². The van der Waals surface area contributed by atoms with Crippen LogP contribution in [0.1, 0.15) is 32.4 Å². The smallest absolute Gasteiger partial charge is 0.321 e. The summed E-state index contributed by atoms with van der Waals surface area (Å²) in [6.45, 7) is 4.52. The third-order valence-electron chi connectivity index (χ3n) is 6.15. The van der Waals surface area contributed by atoms with E-state index in [1.165, 1.54) is 0 Å². The van der Waals surface area contributed by atoms with Gasteiger partial charge in [-0.2, -0.15) is 0 Å². The van der Waals surface area contributed by atoms with Gasteiger partial charge in [-0.25, -0.2) is 27.6 Å². The summed E-state index contributed by atoms with van der Waals surface area (Å²) < 4.78 is 42.7. The minimum Gasteiger partial charge on any atom is -0.377 e. The third-order valence-corrected chi connectivity index (χ3v) is 8.72. The number of benzene rings is 1. The van der Waals surface area contributed by atoms with Crippen molar-refractivity contribution < 1.29 is 22.3 Å². The molecule has 9 nitrogen and oxygen atoms in total. The lowest BCUT2D eigenvalue weighted by Gasteiger charge is -2.34. The lowest BCUT2D eigenvalue weighted by atomic mass is 10.1. The van der Waals surface area contributed by atoms with Gasteiger partial charge in [0.1, 0.15) is 10.6 Å². The largest absolute Gasteiger partial charge is 0.377 e. The Morgan fingerprint density at radius 1 is 1.27 bits per heavy atom. The number of nitrogens with zero attached hydrogens (tertiary/aromatic N) is 3. The molecule has 1 aliphatic heterocycles. The van der Waals surface area contributed by atoms with E-state index in [0.29, 0.717) is 61.2 Å². The highest BCUT2D eigenvalue weighted by molar-refractivity contribution is 7.92. The van der Waals surface area contributed by atoms with Crippen LogP contribution in [0, 0.1) is 0 Å². The predicted molar refractivity (Wildman–Crippen MR) is 124 cm³/mol. The highest BCUT2D eigenvalue weighted by atomic mass is 32.2. The van der Waals surface area contributed by atoms with Crippen molar-refractivity contribution in [2.75, 3.05) is 42.5 Å². The van der Waals surface area contributed by atoms with E-state index in [1.54, 1.807) is 31.2 Å². The number of carbonyl (C=O) groups is 1. The van der Waals surface area contributed by atoms with Crippen molar-refractivity contribution in [3.05, 3.63) is 36.0 Å². The van der Waals surface area contributed by atoms with E-state index in [9.17, 15) is 17.6 Å². The maximum atomic E-state index is 12.9. The minimum absolute atomic E-state index is 0.0525. The van der Waals surface area contributed by atoms with Crippen molar-refractivity contribution in [2.24, 2.45) is 0 Å². The van der Waals surface area contributed by atoms with Crippen LogP contribution in [-0.2, 0) is 19.3 Å². The fourth-order valence-corrected chi connectivity index (χ4v) is 5.77. The molecular weight excluding hydrogens is 449 g/mol. The number of anilines is 2. The van der Waals surface area contributed by atoms with E-state index in [1.807, 2.05) is 18.3 Å². The first-order valence-electron chi connectivity index (χ1n) is 11.0. The first-order chi connectivity index (χ1) is 15.8. The van der Waals surface area contributed by atoms with Crippen LogP contribution in [0.3, 0.4) is 0 Å². The molecule has 1 atom stereocenters. The molecule has 4 rings (SSSR count). The first kappa shape index (κ1) is 23.4. The van der Waals surface area contributed by atoms with Crippen LogP contribution in [0.5, 0.6) is 0 Å². The number of halogens is 1. The number of ether oxygens (including phenoxy) is 1. The third kappa shape index (κ3) is 4.65. The Labute approximate surface area is 192 Å². The number of hydrogen-bond donors (Lipinski definition) is 2. The van der Waals surface area contributed by atoms with Crippen LogP contribution in [-0.4, -0.2) is 62.8 Å². The van der Waals surface area contributed by atoms with Crippen LogP contribution >= 0.6 is 0 Å². The molecule has 1 saturated carbocycles. The van der Waals surface area contributed by atoms with Gasteiger partial charge in [-0.05, 0) is 44.0 Å². The van der Waals surface area contributed by atoms with Gasteiger partial charge < -0.3 is 20.3 Å². The van der Waals surface area contributed by atoms with Crippen molar-refractivity contribution in [1.82, 2.24) is 15.3 Å². The molecular formula is C22H28FN5O4S. The summed E-state index contributed by atoms with van der Waals surface area (Å²) in [5.41, 5.74) is 1.68. The molecule has 1 aliphatic carbocycles. The molecule has 2 fully saturated rings. The zero-order chi connectivity index (χ0) is 23.6. The molecule has 1 aromatic heterocycles. The predicted octanol–water partition coefficient (Wildman–Crippen LogP) is 2.84. The van der Waals surface area contributed by atoms with Crippen molar-refractivity contribution in [3.63, 3.8) is 0 Å². The number of rotatable bonds is 7. The normalized spacial score (nSPS) is 19.7. The molecule has 2 aliphatic rings. The zero-order valence-electron chi connectivity index (χ0n) is 18.7. The van der Waals surface area contributed by atoms with Gasteiger partial charge in [0.25, 0.3) is 0 Å². The van der Waals surface area contributed by atoms with Gasteiger partial charge in [0.2, 0.25) is 0 Å².